The van der Waals surface area contributed by atoms with Gasteiger partial charge in [0.05, 0.1) is 6.61 Å². The Morgan fingerprint density at radius 1 is 1.22 bits per heavy atom. The summed E-state index contributed by atoms with van der Waals surface area (Å²) in [7, 11) is 0. The Morgan fingerprint density at radius 2 is 1.94 bits per heavy atom. The van der Waals surface area contributed by atoms with Gasteiger partial charge in [-0.25, -0.2) is 0 Å². The molecule has 1 aromatic heterocycles. The number of para-hydroxylation sites is 1. The van der Waals surface area contributed by atoms with Gasteiger partial charge in [-0.2, -0.15) is 0 Å². The standard InChI is InChI=1S/C15H17NO2/c1-3-12-6-4-5-7-14(12)16-9-13(10-17)15(18)8-11(16)2/h4-9,17H,3,10H2,1-2H3. The molecule has 0 aliphatic carbocycles. The summed E-state index contributed by atoms with van der Waals surface area (Å²) in [5.74, 6) is 0. The van der Waals surface area contributed by atoms with Crippen LogP contribution in [0.3, 0.4) is 0 Å². The number of nitrogens with zero attached hydrogens (tertiary/aromatic N) is 1. The van der Waals surface area contributed by atoms with Crippen molar-refractivity contribution in [1.29, 1.82) is 0 Å². The molecular formula is C15H17NO2. The highest BCUT2D eigenvalue weighted by atomic mass is 16.3. The predicted molar refractivity (Wildman–Crippen MR) is 72.1 cm³/mol. The maximum Gasteiger partial charge on any atom is 0.187 e. The van der Waals surface area contributed by atoms with Gasteiger partial charge in [-0.05, 0) is 25.0 Å². The maximum absolute atomic E-state index is 11.6. The molecule has 0 saturated carbocycles. The van der Waals surface area contributed by atoms with E-state index < -0.39 is 0 Å². The zero-order valence-electron chi connectivity index (χ0n) is 10.7. The third kappa shape index (κ3) is 2.22. The van der Waals surface area contributed by atoms with E-state index in [1.54, 1.807) is 12.3 Å². The summed E-state index contributed by atoms with van der Waals surface area (Å²) in [6.07, 6.45) is 2.66. The molecule has 0 spiro atoms. The molecule has 0 bridgehead atoms. The number of hydrogen-bond donors (Lipinski definition) is 1. The Bertz CT molecular complexity index is 614. The Morgan fingerprint density at radius 3 is 2.61 bits per heavy atom. The van der Waals surface area contributed by atoms with Crippen molar-refractivity contribution in [1.82, 2.24) is 4.57 Å². The number of pyridine rings is 1. The number of aromatic nitrogens is 1. The van der Waals surface area contributed by atoms with Crippen LogP contribution < -0.4 is 5.43 Å². The third-order valence-electron chi connectivity index (χ3n) is 3.12. The smallest absolute Gasteiger partial charge is 0.187 e. The Balaban J connectivity index is 2.67. The van der Waals surface area contributed by atoms with Crippen molar-refractivity contribution in [2.45, 2.75) is 26.9 Å². The second-order valence-corrected chi connectivity index (χ2v) is 4.31. The molecule has 1 N–H and O–H groups in total. The van der Waals surface area contributed by atoms with Crippen LogP contribution in [-0.4, -0.2) is 9.67 Å². The second kappa shape index (κ2) is 5.19. The number of benzene rings is 1. The van der Waals surface area contributed by atoms with Crippen molar-refractivity contribution >= 4 is 0 Å². The van der Waals surface area contributed by atoms with Gasteiger partial charge in [0.2, 0.25) is 0 Å². The van der Waals surface area contributed by atoms with E-state index in [4.69, 9.17) is 0 Å². The summed E-state index contributed by atoms with van der Waals surface area (Å²) in [4.78, 5) is 11.6. The molecule has 0 radical (unpaired) electrons. The lowest BCUT2D eigenvalue weighted by atomic mass is 10.1. The van der Waals surface area contributed by atoms with E-state index in [0.717, 1.165) is 17.8 Å². The van der Waals surface area contributed by atoms with Crippen molar-refractivity contribution < 1.29 is 5.11 Å². The Kier molecular flexibility index (Phi) is 3.63. The summed E-state index contributed by atoms with van der Waals surface area (Å²) < 4.78 is 1.96. The molecule has 0 unspecified atom stereocenters. The lowest BCUT2D eigenvalue weighted by Crippen LogP contribution is -2.14. The van der Waals surface area contributed by atoms with Gasteiger partial charge in [-0.15, -0.1) is 0 Å². The van der Waals surface area contributed by atoms with E-state index in [0.29, 0.717) is 5.56 Å². The number of aliphatic hydroxyl groups excluding tert-OH is 1. The molecule has 2 rings (SSSR count). The fraction of sp³-hybridized carbons (Fsp3) is 0.267. The summed E-state index contributed by atoms with van der Waals surface area (Å²) in [5.41, 5.74) is 3.46. The van der Waals surface area contributed by atoms with Crippen molar-refractivity contribution in [2.75, 3.05) is 0 Å². The molecule has 1 heterocycles. The van der Waals surface area contributed by atoms with Crippen LogP contribution in [0.2, 0.25) is 0 Å². The third-order valence-corrected chi connectivity index (χ3v) is 3.12. The van der Waals surface area contributed by atoms with Gasteiger partial charge in [0.25, 0.3) is 0 Å². The zero-order chi connectivity index (χ0) is 13.1. The van der Waals surface area contributed by atoms with E-state index in [1.807, 2.05) is 29.7 Å². The van der Waals surface area contributed by atoms with Gasteiger partial charge in [0.15, 0.2) is 5.43 Å². The number of aliphatic hydroxyl groups is 1. The summed E-state index contributed by atoms with van der Waals surface area (Å²) in [5, 5.41) is 9.19. The highest BCUT2D eigenvalue weighted by Crippen LogP contribution is 2.17. The average molecular weight is 243 g/mol. The topological polar surface area (TPSA) is 42.2 Å². The number of hydrogen-bond acceptors (Lipinski definition) is 2. The highest BCUT2D eigenvalue weighted by Gasteiger charge is 2.07. The largest absolute Gasteiger partial charge is 0.391 e. The van der Waals surface area contributed by atoms with Crippen LogP contribution in [0.5, 0.6) is 0 Å². The monoisotopic (exact) mass is 243 g/mol. The quantitative estimate of drug-likeness (QED) is 0.898. The van der Waals surface area contributed by atoms with Crippen LogP contribution in [0.25, 0.3) is 5.69 Å². The molecule has 1 aromatic carbocycles. The fourth-order valence-electron chi connectivity index (χ4n) is 2.10. The van der Waals surface area contributed by atoms with Crippen LogP contribution in [0.15, 0.2) is 41.3 Å². The number of aryl methyl sites for hydroxylation is 2. The molecule has 0 aliphatic rings. The SMILES string of the molecule is CCc1ccccc1-n1cc(CO)c(=O)cc1C. The van der Waals surface area contributed by atoms with Gasteiger partial charge < -0.3 is 9.67 Å². The van der Waals surface area contributed by atoms with Gasteiger partial charge in [-0.1, -0.05) is 25.1 Å². The van der Waals surface area contributed by atoms with Crippen LogP contribution in [-0.2, 0) is 13.0 Å². The van der Waals surface area contributed by atoms with E-state index in [9.17, 15) is 9.90 Å². The first kappa shape index (κ1) is 12.6. The minimum Gasteiger partial charge on any atom is -0.391 e. The van der Waals surface area contributed by atoms with Crippen LogP contribution in [0, 0.1) is 6.92 Å². The molecule has 18 heavy (non-hydrogen) atoms. The number of rotatable bonds is 3. The van der Waals surface area contributed by atoms with Gasteiger partial charge in [-0.3, -0.25) is 4.79 Å². The summed E-state index contributed by atoms with van der Waals surface area (Å²) >= 11 is 0. The van der Waals surface area contributed by atoms with Crippen molar-refractivity contribution in [3.63, 3.8) is 0 Å². The van der Waals surface area contributed by atoms with Crippen LogP contribution >= 0.6 is 0 Å². The molecule has 0 atom stereocenters. The summed E-state index contributed by atoms with van der Waals surface area (Å²) in [6.45, 7) is 3.77. The Labute approximate surface area is 106 Å². The van der Waals surface area contributed by atoms with Crippen LogP contribution in [0.1, 0.15) is 23.7 Å². The minimum absolute atomic E-state index is 0.111. The molecule has 0 aliphatic heterocycles. The lowest BCUT2D eigenvalue weighted by molar-refractivity contribution is 0.280. The molecule has 3 heteroatoms. The average Bonchev–Trinajstić information content (AvgIpc) is 2.39. The lowest BCUT2D eigenvalue weighted by Gasteiger charge is -2.15. The molecule has 0 saturated heterocycles. The second-order valence-electron chi connectivity index (χ2n) is 4.31. The molecule has 0 fully saturated rings. The molecule has 94 valence electrons. The normalized spacial score (nSPS) is 10.6. The van der Waals surface area contributed by atoms with E-state index in [-0.39, 0.29) is 12.0 Å². The molecule has 0 amide bonds. The first-order valence-corrected chi connectivity index (χ1v) is 6.08. The molecular weight excluding hydrogens is 226 g/mol. The summed E-state index contributed by atoms with van der Waals surface area (Å²) in [6, 6.07) is 9.65. The fourth-order valence-corrected chi connectivity index (χ4v) is 2.10. The van der Waals surface area contributed by atoms with E-state index in [1.165, 1.54) is 5.56 Å². The van der Waals surface area contributed by atoms with E-state index in [2.05, 4.69) is 13.0 Å². The predicted octanol–water partition coefficient (Wildman–Crippen LogP) is 2.20. The first-order chi connectivity index (χ1) is 8.67. The highest BCUT2D eigenvalue weighted by molar-refractivity contribution is 5.43. The van der Waals surface area contributed by atoms with Crippen molar-refractivity contribution in [3.8, 4) is 5.69 Å². The molecule has 2 aromatic rings. The van der Waals surface area contributed by atoms with Gasteiger partial charge in [0.1, 0.15) is 0 Å². The van der Waals surface area contributed by atoms with Crippen LogP contribution in [0.4, 0.5) is 0 Å². The van der Waals surface area contributed by atoms with E-state index >= 15 is 0 Å². The van der Waals surface area contributed by atoms with Crippen molar-refractivity contribution in [2.24, 2.45) is 0 Å². The Hall–Kier alpha value is -1.87. The van der Waals surface area contributed by atoms with Gasteiger partial charge >= 0.3 is 0 Å². The molecule has 3 nitrogen and oxygen atoms in total. The maximum atomic E-state index is 11.6. The first-order valence-electron chi connectivity index (χ1n) is 6.08. The minimum atomic E-state index is -0.229. The van der Waals surface area contributed by atoms with Gasteiger partial charge in [0, 0.05) is 29.2 Å². The zero-order valence-corrected chi connectivity index (χ0v) is 10.7. The van der Waals surface area contributed by atoms with Crippen molar-refractivity contribution in [3.05, 3.63) is 63.6 Å².